The quantitative estimate of drug-likeness (QED) is 0.333. The van der Waals surface area contributed by atoms with Gasteiger partial charge in [0.05, 0.1) is 18.8 Å². The summed E-state index contributed by atoms with van der Waals surface area (Å²) in [5.74, 6) is -1.19. The lowest BCUT2D eigenvalue weighted by atomic mass is 9.78. The second kappa shape index (κ2) is 10.6. The van der Waals surface area contributed by atoms with Crippen LogP contribution in [0.4, 0.5) is 14.9 Å². The number of ketones is 1. The van der Waals surface area contributed by atoms with Crippen LogP contribution in [0, 0.1) is 11.2 Å². The molecule has 1 amide bonds. The second-order valence-electron chi connectivity index (χ2n) is 11.0. The molecule has 1 heterocycles. The summed E-state index contributed by atoms with van der Waals surface area (Å²) in [6.45, 7) is 13.3. The van der Waals surface area contributed by atoms with Gasteiger partial charge in [0.1, 0.15) is 11.6 Å². The van der Waals surface area contributed by atoms with Crippen LogP contribution in [0.5, 0.6) is 11.5 Å². The van der Waals surface area contributed by atoms with Crippen LogP contribution in [0.15, 0.2) is 18.2 Å². The molecule has 3 rings (SSSR count). The molecule has 0 aromatic heterocycles. The Bertz CT molecular complexity index is 1210. The lowest BCUT2D eigenvalue weighted by Gasteiger charge is -2.28. The van der Waals surface area contributed by atoms with E-state index in [9.17, 15) is 14.7 Å². The number of phenolic OH excluding ortho intramolecular Hbond substituents is 1. The molecule has 1 aliphatic heterocycles. The molecule has 0 spiro atoms. The number of hydrogen-bond donors (Lipinski definition) is 4. The molecule has 2 aromatic rings. The molecule has 0 aliphatic carbocycles. The summed E-state index contributed by atoms with van der Waals surface area (Å²) in [5.41, 5.74) is 1.14. The van der Waals surface area contributed by atoms with E-state index in [1.165, 1.54) is 11.0 Å². The molecule has 0 radical (unpaired) electrons. The number of carbonyl (C=O) groups is 2. The monoisotopic (exact) mass is 535 g/mol. The molecule has 10 heteroatoms. The molecular formula is C27H35ClFN3O5. The minimum Gasteiger partial charge on any atom is -0.507 e. The van der Waals surface area contributed by atoms with Gasteiger partial charge < -0.3 is 19.8 Å². The van der Waals surface area contributed by atoms with E-state index in [2.05, 4.69) is 5.32 Å². The number of ether oxygens (including phenoxy) is 1. The fraction of sp³-hybridized carbons (Fsp3) is 0.444. The number of rotatable bonds is 6. The Hall–Kier alpha value is -3.33. The van der Waals surface area contributed by atoms with Gasteiger partial charge in [0.2, 0.25) is 0 Å². The predicted molar refractivity (Wildman–Crippen MR) is 144 cm³/mol. The highest BCUT2D eigenvalue weighted by molar-refractivity contribution is 6.06. The lowest BCUT2D eigenvalue weighted by Crippen LogP contribution is -2.30. The van der Waals surface area contributed by atoms with Gasteiger partial charge >= 0.3 is 6.09 Å². The Labute approximate surface area is 222 Å². The van der Waals surface area contributed by atoms with Crippen molar-refractivity contribution in [3.63, 3.8) is 0 Å². The van der Waals surface area contributed by atoms with Crippen LogP contribution in [-0.2, 0) is 17.4 Å². The molecule has 2 aromatic carbocycles. The second-order valence-corrected chi connectivity index (χ2v) is 11.0. The van der Waals surface area contributed by atoms with Crippen molar-refractivity contribution in [1.82, 2.24) is 4.90 Å². The van der Waals surface area contributed by atoms with Crippen molar-refractivity contribution in [1.29, 1.82) is 5.41 Å². The SMILES string of the molecule is CCOc1c(NC(=O)O)cc2c(c1F)CN(CC(=O)c1cc(C(C)(C)C)c(O)c(C(C)(C)C)c1)C2=N.Cl. The van der Waals surface area contributed by atoms with Crippen molar-refractivity contribution >= 4 is 35.8 Å². The molecule has 8 nitrogen and oxygen atoms in total. The lowest BCUT2D eigenvalue weighted by molar-refractivity contribution is 0.0962. The number of anilines is 1. The molecule has 0 unspecified atom stereocenters. The average Bonchev–Trinajstić information content (AvgIpc) is 3.04. The van der Waals surface area contributed by atoms with Gasteiger partial charge in [0, 0.05) is 34.4 Å². The van der Waals surface area contributed by atoms with E-state index in [4.69, 9.17) is 15.3 Å². The van der Waals surface area contributed by atoms with Crippen LogP contribution in [-0.4, -0.2) is 46.0 Å². The molecule has 202 valence electrons. The van der Waals surface area contributed by atoms with E-state index >= 15 is 4.39 Å². The van der Waals surface area contributed by atoms with Crippen LogP contribution in [0.2, 0.25) is 0 Å². The fourth-order valence-electron chi connectivity index (χ4n) is 4.31. The van der Waals surface area contributed by atoms with Crippen LogP contribution >= 0.6 is 12.4 Å². The molecule has 0 atom stereocenters. The highest BCUT2D eigenvalue weighted by Gasteiger charge is 2.33. The molecule has 37 heavy (non-hydrogen) atoms. The van der Waals surface area contributed by atoms with Gasteiger partial charge in [-0.2, -0.15) is 0 Å². The third-order valence-electron chi connectivity index (χ3n) is 6.16. The van der Waals surface area contributed by atoms with Gasteiger partial charge in [-0.05, 0) is 36.0 Å². The normalized spacial score (nSPS) is 13.2. The van der Waals surface area contributed by atoms with Crippen molar-refractivity contribution in [3.05, 3.63) is 51.8 Å². The van der Waals surface area contributed by atoms with Gasteiger partial charge in [-0.15, -0.1) is 12.4 Å². The predicted octanol–water partition coefficient (Wildman–Crippen LogP) is 6.06. The summed E-state index contributed by atoms with van der Waals surface area (Å²) in [6.07, 6.45) is -1.39. The zero-order valence-corrected chi connectivity index (χ0v) is 23.0. The number of fused-ring (bicyclic) bond motifs is 1. The number of carbonyl (C=O) groups excluding carboxylic acids is 1. The average molecular weight is 536 g/mol. The minimum absolute atomic E-state index is 0. The van der Waals surface area contributed by atoms with E-state index in [0.29, 0.717) is 16.7 Å². The van der Waals surface area contributed by atoms with E-state index in [1.807, 2.05) is 41.5 Å². The number of nitrogens with one attached hydrogen (secondary N) is 2. The summed E-state index contributed by atoms with van der Waals surface area (Å²) >= 11 is 0. The summed E-state index contributed by atoms with van der Waals surface area (Å²) in [5, 5.41) is 30.7. The maximum Gasteiger partial charge on any atom is 0.409 e. The zero-order chi connectivity index (χ0) is 27.2. The van der Waals surface area contributed by atoms with Gasteiger partial charge in [0.15, 0.2) is 17.3 Å². The van der Waals surface area contributed by atoms with Crippen LogP contribution < -0.4 is 10.1 Å². The number of Topliss-reactive ketones (excluding diaryl/α,β-unsaturated/α-hetero) is 1. The molecule has 0 saturated carbocycles. The van der Waals surface area contributed by atoms with Crippen LogP contribution in [0.1, 0.15) is 81.1 Å². The van der Waals surface area contributed by atoms with Crippen molar-refractivity contribution in [2.24, 2.45) is 0 Å². The molecule has 0 bridgehead atoms. The maximum absolute atomic E-state index is 15.3. The highest BCUT2D eigenvalue weighted by Crippen LogP contribution is 2.41. The first-order chi connectivity index (χ1) is 16.6. The van der Waals surface area contributed by atoms with Gasteiger partial charge in [0.25, 0.3) is 0 Å². The fourth-order valence-corrected chi connectivity index (χ4v) is 4.31. The number of amides is 1. The molecule has 0 fully saturated rings. The summed E-state index contributed by atoms with van der Waals surface area (Å²) < 4.78 is 20.6. The van der Waals surface area contributed by atoms with E-state index in [-0.39, 0.29) is 72.0 Å². The Morgan fingerprint density at radius 1 is 1.11 bits per heavy atom. The summed E-state index contributed by atoms with van der Waals surface area (Å²) in [4.78, 5) is 26.0. The van der Waals surface area contributed by atoms with E-state index in [0.717, 1.165) is 0 Å². The van der Waals surface area contributed by atoms with Crippen LogP contribution in [0.25, 0.3) is 0 Å². The largest absolute Gasteiger partial charge is 0.507 e. The van der Waals surface area contributed by atoms with Crippen molar-refractivity contribution in [2.75, 3.05) is 18.5 Å². The Morgan fingerprint density at radius 3 is 2.11 bits per heavy atom. The zero-order valence-electron chi connectivity index (χ0n) is 22.2. The Kier molecular flexibility index (Phi) is 8.54. The number of aromatic hydroxyl groups is 1. The standard InChI is InChI=1S/C27H34FN3O5.ClH/c1-8-36-23-19(30-25(34)35)11-15-16(21(23)28)12-31(24(15)29)13-20(32)14-9-17(26(2,3)4)22(33)18(10-14)27(5,6)7;/h9-11,29-30,33H,8,12-13H2,1-7H3,(H,34,35);1H. The van der Waals surface area contributed by atoms with E-state index < -0.39 is 22.7 Å². The van der Waals surface area contributed by atoms with Crippen molar-refractivity contribution < 1.29 is 28.9 Å². The number of nitrogens with zero attached hydrogens (tertiary/aromatic N) is 1. The molecular weight excluding hydrogens is 501 g/mol. The van der Waals surface area contributed by atoms with Crippen LogP contribution in [0.3, 0.4) is 0 Å². The van der Waals surface area contributed by atoms with Crippen molar-refractivity contribution in [2.45, 2.75) is 65.8 Å². The number of carboxylic acid groups (broad SMARTS) is 1. The molecule has 4 N–H and O–H groups in total. The smallest absolute Gasteiger partial charge is 0.409 e. The maximum atomic E-state index is 15.3. The topological polar surface area (TPSA) is 123 Å². The first-order valence-corrected chi connectivity index (χ1v) is 11.8. The number of phenols is 1. The highest BCUT2D eigenvalue weighted by atomic mass is 35.5. The van der Waals surface area contributed by atoms with Gasteiger partial charge in [-0.3, -0.25) is 15.5 Å². The third-order valence-corrected chi connectivity index (χ3v) is 6.16. The van der Waals surface area contributed by atoms with Gasteiger partial charge in [-0.25, -0.2) is 9.18 Å². The third kappa shape index (κ3) is 5.98. The molecule has 0 saturated heterocycles. The Morgan fingerprint density at radius 2 is 1.65 bits per heavy atom. The minimum atomic E-state index is -1.39. The summed E-state index contributed by atoms with van der Waals surface area (Å²) in [6, 6.07) is 4.73. The first kappa shape index (κ1) is 29.9. The number of benzene rings is 2. The molecule has 1 aliphatic rings. The van der Waals surface area contributed by atoms with Gasteiger partial charge in [-0.1, -0.05) is 41.5 Å². The summed E-state index contributed by atoms with van der Waals surface area (Å²) in [7, 11) is 0. The first-order valence-electron chi connectivity index (χ1n) is 11.8. The number of amidine groups is 1. The van der Waals surface area contributed by atoms with Crippen molar-refractivity contribution in [3.8, 4) is 11.5 Å². The van der Waals surface area contributed by atoms with E-state index in [1.54, 1.807) is 19.1 Å². The number of hydrogen-bond acceptors (Lipinski definition) is 5. The number of halogens is 2. The Balaban J connectivity index is 0.00000481.